The Morgan fingerprint density at radius 1 is 1.00 bits per heavy atom. The van der Waals surface area contributed by atoms with Crippen molar-refractivity contribution in [1.82, 2.24) is 10.6 Å². The van der Waals surface area contributed by atoms with Gasteiger partial charge in [-0.1, -0.05) is 68.8 Å². The van der Waals surface area contributed by atoms with E-state index in [-0.39, 0.29) is 12.5 Å². The highest BCUT2D eigenvalue weighted by Gasteiger charge is 2.33. The van der Waals surface area contributed by atoms with E-state index in [9.17, 15) is 28.3 Å². The van der Waals surface area contributed by atoms with Gasteiger partial charge in [-0.15, -0.1) is 0 Å². The molecule has 0 bridgehead atoms. The van der Waals surface area contributed by atoms with Crippen molar-refractivity contribution in [1.29, 1.82) is 0 Å². The molecule has 0 spiro atoms. The summed E-state index contributed by atoms with van der Waals surface area (Å²) in [5, 5.41) is 13.8. The van der Waals surface area contributed by atoms with Crippen molar-refractivity contribution in [2.24, 2.45) is 5.92 Å². The van der Waals surface area contributed by atoms with Crippen LogP contribution in [0.2, 0.25) is 0 Å². The molecule has 1 unspecified atom stereocenters. The van der Waals surface area contributed by atoms with Crippen molar-refractivity contribution in [3.8, 4) is 11.1 Å². The van der Waals surface area contributed by atoms with Crippen LogP contribution in [0.15, 0.2) is 48.5 Å². The number of benzene rings is 2. The maximum atomic E-state index is 13.1. The van der Waals surface area contributed by atoms with Gasteiger partial charge in [0.25, 0.3) is 0 Å². The molecule has 0 saturated carbocycles. The number of amides is 2. The van der Waals surface area contributed by atoms with Crippen LogP contribution in [0.25, 0.3) is 11.1 Å². The Balaban J connectivity index is 1.67. The van der Waals surface area contributed by atoms with E-state index >= 15 is 0 Å². The first kappa shape index (κ1) is 25.1. The molecule has 0 radical (unpaired) electrons. The Bertz CT molecular complexity index is 1000. The number of carboxylic acids is 1. The molecule has 0 heterocycles. The molecule has 0 saturated heterocycles. The number of halogens is 2. The van der Waals surface area contributed by atoms with Crippen LogP contribution in [0.4, 0.5) is 13.6 Å². The molecule has 34 heavy (non-hydrogen) atoms. The van der Waals surface area contributed by atoms with Crippen LogP contribution in [0, 0.1) is 5.92 Å². The molecule has 3 N–H and O–H groups in total. The second-order valence-corrected chi connectivity index (χ2v) is 8.36. The van der Waals surface area contributed by atoms with Gasteiger partial charge in [-0.25, -0.2) is 18.4 Å². The molecule has 2 amide bonds. The first-order valence-corrected chi connectivity index (χ1v) is 11.2. The molecule has 3 rings (SSSR count). The van der Waals surface area contributed by atoms with E-state index in [1.807, 2.05) is 48.5 Å². The highest BCUT2D eigenvalue weighted by Crippen LogP contribution is 2.44. The zero-order chi connectivity index (χ0) is 24.8. The van der Waals surface area contributed by atoms with Crippen molar-refractivity contribution >= 4 is 18.0 Å². The van der Waals surface area contributed by atoms with E-state index in [1.54, 1.807) is 13.8 Å². The van der Waals surface area contributed by atoms with Gasteiger partial charge in [0.15, 0.2) is 0 Å². The molecule has 0 fully saturated rings. The van der Waals surface area contributed by atoms with Crippen molar-refractivity contribution in [2.75, 3.05) is 6.61 Å². The number of nitrogens with one attached hydrogen (secondary N) is 2. The zero-order valence-corrected chi connectivity index (χ0v) is 19.0. The summed E-state index contributed by atoms with van der Waals surface area (Å²) in [6, 6.07) is 12.5. The molecule has 182 valence electrons. The predicted octanol–water partition coefficient (Wildman–Crippen LogP) is 4.16. The van der Waals surface area contributed by atoms with E-state index in [4.69, 9.17) is 4.74 Å². The van der Waals surface area contributed by atoms with Crippen molar-refractivity contribution in [3.63, 3.8) is 0 Å². The number of alkyl halides is 2. The topological polar surface area (TPSA) is 105 Å². The summed E-state index contributed by atoms with van der Waals surface area (Å²) >= 11 is 0. The van der Waals surface area contributed by atoms with E-state index in [0.717, 1.165) is 22.3 Å². The molecular formula is C25H28F2N2O5. The van der Waals surface area contributed by atoms with Crippen LogP contribution in [-0.4, -0.2) is 48.2 Å². The average Bonchev–Trinajstić information content (AvgIpc) is 3.13. The van der Waals surface area contributed by atoms with Gasteiger partial charge in [0, 0.05) is 12.3 Å². The van der Waals surface area contributed by atoms with Crippen LogP contribution >= 0.6 is 0 Å². The third-order valence-corrected chi connectivity index (χ3v) is 6.14. The number of carbonyl (C=O) groups is 3. The van der Waals surface area contributed by atoms with Crippen LogP contribution in [0.3, 0.4) is 0 Å². The lowest BCUT2D eigenvalue weighted by Crippen LogP contribution is -2.54. The van der Waals surface area contributed by atoms with Crippen molar-refractivity contribution in [2.45, 2.75) is 51.1 Å². The number of carboxylic acid groups (broad SMARTS) is 1. The summed E-state index contributed by atoms with van der Waals surface area (Å²) < 4.78 is 31.5. The quantitative estimate of drug-likeness (QED) is 0.480. The van der Waals surface area contributed by atoms with Gasteiger partial charge in [-0.2, -0.15) is 0 Å². The second kappa shape index (κ2) is 11.1. The fourth-order valence-corrected chi connectivity index (χ4v) is 4.13. The number of hydrogen-bond donors (Lipinski definition) is 3. The number of aliphatic carboxylic acids is 1. The van der Waals surface area contributed by atoms with Crippen molar-refractivity contribution < 1.29 is 33.0 Å². The molecule has 0 aromatic heterocycles. The Morgan fingerprint density at radius 2 is 1.56 bits per heavy atom. The highest BCUT2D eigenvalue weighted by atomic mass is 19.3. The maximum absolute atomic E-state index is 13.1. The van der Waals surface area contributed by atoms with Crippen LogP contribution < -0.4 is 10.6 Å². The normalized spacial score (nSPS) is 15.1. The molecule has 1 aliphatic rings. The van der Waals surface area contributed by atoms with E-state index in [2.05, 4.69) is 10.6 Å². The van der Waals surface area contributed by atoms with E-state index < -0.39 is 48.8 Å². The van der Waals surface area contributed by atoms with Gasteiger partial charge in [-0.05, 0) is 28.2 Å². The van der Waals surface area contributed by atoms with E-state index in [1.165, 1.54) is 0 Å². The molecule has 2 aromatic rings. The van der Waals surface area contributed by atoms with Crippen molar-refractivity contribution in [3.05, 3.63) is 59.7 Å². The molecule has 9 heteroatoms. The Hall–Kier alpha value is -3.49. The van der Waals surface area contributed by atoms with Gasteiger partial charge in [0.05, 0.1) is 0 Å². The zero-order valence-electron chi connectivity index (χ0n) is 19.0. The highest BCUT2D eigenvalue weighted by molar-refractivity contribution is 5.89. The number of hydrogen-bond acceptors (Lipinski definition) is 4. The fourth-order valence-electron chi connectivity index (χ4n) is 4.13. The Kier molecular flexibility index (Phi) is 8.20. The molecular weight excluding hydrogens is 446 g/mol. The summed E-state index contributed by atoms with van der Waals surface area (Å²) in [6.07, 6.45) is -4.44. The smallest absolute Gasteiger partial charge is 0.407 e. The van der Waals surface area contributed by atoms with Gasteiger partial charge >= 0.3 is 12.1 Å². The molecule has 2 aromatic carbocycles. The monoisotopic (exact) mass is 474 g/mol. The standard InChI is InChI=1S/C25H28F2N2O5/c1-3-14(2)22(24(31)32)29-23(30)20(12-21(26)27)28-25(33)34-13-19-17-10-6-4-8-15(17)16-9-5-7-11-18(16)19/h4-11,14,19-22H,3,12-13H2,1-2H3,(H,28,33)(H,29,30)(H,31,32)/t14-,20?,22-/m0/s1. The minimum atomic E-state index is -2.89. The third kappa shape index (κ3) is 5.70. The van der Waals surface area contributed by atoms with E-state index in [0.29, 0.717) is 6.42 Å². The second-order valence-electron chi connectivity index (χ2n) is 8.36. The predicted molar refractivity (Wildman–Crippen MR) is 122 cm³/mol. The summed E-state index contributed by atoms with van der Waals surface area (Å²) in [5.74, 6) is -2.94. The number of fused-ring (bicyclic) bond motifs is 3. The minimum Gasteiger partial charge on any atom is -0.480 e. The number of alkyl carbamates (subject to hydrolysis) is 1. The lowest BCUT2D eigenvalue weighted by molar-refractivity contribution is -0.143. The SMILES string of the molecule is CC[C@H](C)[C@H](NC(=O)C(CC(F)F)NC(=O)OCC1c2ccccc2-c2ccccc21)C(=O)O. The number of rotatable bonds is 10. The molecule has 0 aliphatic heterocycles. The Labute approximate surface area is 196 Å². The lowest BCUT2D eigenvalue weighted by Gasteiger charge is -2.24. The average molecular weight is 475 g/mol. The first-order valence-electron chi connectivity index (χ1n) is 11.2. The summed E-state index contributed by atoms with van der Waals surface area (Å²) in [5.41, 5.74) is 4.03. The largest absolute Gasteiger partial charge is 0.480 e. The first-order chi connectivity index (χ1) is 16.2. The summed E-state index contributed by atoms with van der Waals surface area (Å²) in [6.45, 7) is 3.33. The fraction of sp³-hybridized carbons (Fsp3) is 0.400. The van der Waals surface area contributed by atoms with Gasteiger partial charge in [0.2, 0.25) is 12.3 Å². The van der Waals surface area contributed by atoms with Crippen LogP contribution in [-0.2, 0) is 14.3 Å². The Morgan fingerprint density at radius 3 is 2.06 bits per heavy atom. The van der Waals surface area contributed by atoms with Gasteiger partial charge in [0.1, 0.15) is 18.7 Å². The van der Waals surface area contributed by atoms with Gasteiger partial charge in [-0.3, -0.25) is 4.79 Å². The maximum Gasteiger partial charge on any atom is 0.407 e. The number of ether oxygens (including phenoxy) is 1. The summed E-state index contributed by atoms with van der Waals surface area (Å²) in [4.78, 5) is 36.5. The van der Waals surface area contributed by atoms with Crippen LogP contribution in [0.1, 0.15) is 43.7 Å². The van der Waals surface area contributed by atoms with Crippen LogP contribution in [0.5, 0.6) is 0 Å². The van der Waals surface area contributed by atoms with Gasteiger partial charge < -0.3 is 20.5 Å². The molecule has 1 aliphatic carbocycles. The minimum absolute atomic E-state index is 0.0481. The third-order valence-electron chi connectivity index (χ3n) is 6.14. The summed E-state index contributed by atoms with van der Waals surface area (Å²) in [7, 11) is 0. The molecule has 7 nitrogen and oxygen atoms in total. The lowest BCUT2D eigenvalue weighted by atomic mass is 9.98. The number of carbonyl (C=O) groups excluding carboxylic acids is 2. The molecule has 3 atom stereocenters.